The van der Waals surface area contributed by atoms with Gasteiger partial charge in [-0.25, -0.2) is 0 Å². The molecule has 0 radical (unpaired) electrons. The van der Waals surface area contributed by atoms with E-state index in [1.54, 1.807) is 0 Å². The highest BCUT2D eigenvalue weighted by Crippen LogP contribution is 2.27. The molecule has 1 atom stereocenters. The Hall–Kier alpha value is -1.68. The number of benzene rings is 1. The highest BCUT2D eigenvalue weighted by molar-refractivity contribution is 5.93. The lowest BCUT2D eigenvalue weighted by Gasteiger charge is -2.29. The second-order valence-corrected chi connectivity index (χ2v) is 5.09. The van der Waals surface area contributed by atoms with Crippen LogP contribution in [0.3, 0.4) is 0 Å². The monoisotopic (exact) mass is 256 g/mol. The van der Waals surface area contributed by atoms with Crippen LogP contribution in [0.1, 0.15) is 19.0 Å². The van der Waals surface area contributed by atoms with Gasteiger partial charge in [-0.2, -0.15) is 5.10 Å². The molecule has 1 unspecified atom stereocenters. The molecule has 0 bridgehead atoms. The Morgan fingerprint density at radius 2 is 2.05 bits per heavy atom. The first kappa shape index (κ1) is 12.4. The summed E-state index contributed by atoms with van der Waals surface area (Å²) in [5.41, 5.74) is 1.000. The third kappa shape index (κ3) is 2.16. The smallest absolute Gasteiger partial charge is 0.159 e. The van der Waals surface area contributed by atoms with Crippen molar-refractivity contribution in [3.05, 3.63) is 30.0 Å². The number of hydrogen-bond acceptors (Lipinski definition) is 4. The van der Waals surface area contributed by atoms with E-state index < -0.39 is 0 Å². The van der Waals surface area contributed by atoms with E-state index in [0.717, 1.165) is 31.1 Å². The van der Waals surface area contributed by atoms with Gasteiger partial charge < -0.3 is 10.2 Å². The molecule has 19 heavy (non-hydrogen) atoms. The van der Waals surface area contributed by atoms with Gasteiger partial charge in [-0.05, 0) is 26.8 Å². The molecule has 4 nitrogen and oxygen atoms in total. The van der Waals surface area contributed by atoms with Gasteiger partial charge in [0, 0.05) is 29.9 Å². The Labute approximate surface area is 113 Å². The average molecular weight is 256 g/mol. The number of aromatic nitrogens is 2. The van der Waals surface area contributed by atoms with Gasteiger partial charge in [0.15, 0.2) is 5.82 Å². The minimum absolute atomic E-state index is 0.533. The molecule has 2 heterocycles. The highest BCUT2D eigenvalue weighted by Gasteiger charge is 2.24. The average Bonchev–Trinajstić information content (AvgIpc) is 2.96. The van der Waals surface area contributed by atoms with Crippen molar-refractivity contribution in [2.24, 2.45) is 0 Å². The number of nitrogens with zero attached hydrogens (tertiary/aromatic N) is 3. The fourth-order valence-corrected chi connectivity index (χ4v) is 2.92. The van der Waals surface area contributed by atoms with Crippen LogP contribution in [0.15, 0.2) is 24.3 Å². The van der Waals surface area contributed by atoms with Gasteiger partial charge in [-0.3, -0.25) is 0 Å². The van der Waals surface area contributed by atoms with Crippen molar-refractivity contribution >= 4 is 16.6 Å². The first-order valence-electron chi connectivity index (χ1n) is 7.00. The van der Waals surface area contributed by atoms with Crippen LogP contribution in [0, 0.1) is 6.92 Å². The summed E-state index contributed by atoms with van der Waals surface area (Å²) in [4.78, 5) is 2.38. The lowest BCUT2D eigenvalue weighted by molar-refractivity contribution is 0.638. The first-order valence-corrected chi connectivity index (χ1v) is 7.00. The summed E-state index contributed by atoms with van der Waals surface area (Å²) in [7, 11) is 0. The molecule has 1 saturated heterocycles. The minimum Gasteiger partial charge on any atom is -0.351 e. The SMILES string of the molecule is CCN(c1nnc(C)c2ccccc12)C1CCNC1. The van der Waals surface area contributed by atoms with Gasteiger partial charge in [0.05, 0.1) is 5.69 Å². The Morgan fingerprint density at radius 3 is 2.74 bits per heavy atom. The second-order valence-electron chi connectivity index (χ2n) is 5.09. The van der Waals surface area contributed by atoms with Crippen LogP contribution in [0.2, 0.25) is 0 Å². The highest BCUT2D eigenvalue weighted by atomic mass is 15.3. The lowest BCUT2D eigenvalue weighted by atomic mass is 10.1. The van der Waals surface area contributed by atoms with Crippen molar-refractivity contribution in [2.45, 2.75) is 26.3 Å². The molecule has 1 aromatic heterocycles. The second kappa shape index (κ2) is 5.13. The zero-order valence-electron chi connectivity index (χ0n) is 11.6. The van der Waals surface area contributed by atoms with Crippen LogP contribution >= 0.6 is 0 Å². The standard InChI is InChI=1S/C15H20N4/c1-3-19(12-8-9-16-10-12)15-14-7-5-4-6-13(14)11(2)17-18-15/h4-7,12,16H,3,8-10H2,1-2H3. The number of likely N-dealkylation sites (N-methyl/N-ethyl adjacent to an activating group) is 1. The van der Waals surface area contributed by atoms with Crippen molar-refractivity contribution in [1.29, 1.82) is 0 Å². The number of anilines is 1. The zero-order chi connectivity index (χ0) is 13.2. The Balaban J connectivity index is 2.10. The lowest BCUT2D eigenvalue weighted by Crippen LogP contribution is -2.37. The Morgan fingerprint density at radius 1 is 1.26 bits per heavy atom. The number of fused-ring (bicyclic) bond motifs is 1. The molecule has 100 valence electrons. The maximum Gasteiger partial charge on any atom is 0.159 e. The minimum atomic E-state index is 0.533. The van der Waals surface area contributed by atoms with Crippen molar-refractivity contribution in [1.82, 2.24) is 15.5 Å². The summed E-state index contributed by atoms with van der Waals surface area (Å²) in [5, 5.41) is 14.6. The molecule has 1 aliphatic heterocycles. The van der Waals surface area contributed by atoms with Crippen molar-refractivity contribution in [3.8, 4) is 0 Å². The van der Waals surface area contributed by atoms with Crippen LogP contribution in [-0.2, 0) is 0 Å². The molecule has 2 aromatic rings. The molecule has 1 fully saturated rings. The van der Waals surface area contributed by atoms with E-state index in [2.05, 4.69) is 51.6 Å². The van der Waals surface area contributed by atoms with E-state index in [4.69, 9.17) is 0 Å². The quantitative estimate of drug-likeness (QED) is 0.913. The predicted molar refractivity (Wildman–Crippen MR) is 78.6 cm³/mol. The van der Waals surface area contributed by atoms with Crippen molar-refractivity contribution < 1.29 is 0 Å². The summed E-state index contributed by atoms with van der Waals surface area (Å²) in [6.07, 6.45) is 1.18. The van der Waals surface area contributed by atoms with Crippen LogP contribution in [0.4, 0.5) is 5.82 Å². The molecular formula is C15H20N4. The number of rotatable bonds is 3. The van der Waals surface area contributed by atoms with E-state index >= 15 is 0 Å². The summed E-state index contributed by atoms with van der Waals surface area (Å²) in [6.45, 7) is 7.31. The third-order valence-corrected chi connectivity index (χ3v) is 3.94. The summed E-state index contributed by atoms with van der Waals surface area (Å²) in [6, 6.07) is 8.95. The molecule has 1 aliphatic rings. The topological polar surface area (TPSA) is 41.1 Å². The number of hydrogen-bond donors (Lipinski definition) is 1. The van der Waals surface area contributed by atoms with E-state index in [1.807, 2.05) is 6.92 Å². The van der Waals surface area contributed by atoms with Gasteiger partial charge in [0.2, 0.25) is 0 Å². The molecule has 0 spiro atoms. The van der Waals surface area contributed by atoms with E-state index in [1.165, 1.54) is 17.2 Å². The van der Waals surface area contributed by atoms with Gasteiger partial charge in [-0.1, -0.05) is 24.3 Å². The summed E-state index contributed by atoms with van der Waals surface area (Å²) >= 11 is 0. The fourth-order valence-electron chi connectivity index (χ4n) is 2.92. The first-order chi connectivity index (χ1) is 9.31. The summed E-state index contributed by atoms with van der Waals surface area (Å²) in [5.74, 6) is 1.03. The van der Waals surface area contributed by atoms with Gasteiger partial charge in [0.25, 0.3) is 0 Å². The Bertz CT molecular complexity index is 575. The molecule has 0 saturated carbocycles. The molecule has 0 amide bonds. The van der Waals surface area contributed by atoms with E-state index in [9.17, 15) is 0 Å². The third-order valence-electron chi connectivity index (χ3n) is 3.94. The largest absolute Gasteiger partial charge is 0.351 e. The van der Waals surface area contributed by atoms with Gasteiger partial charge >= 0.3 is 0 Å². The van der Waals surface area contributed by atoms with Gasteiger partial charge in [-0.15, -0.1) is 5.10 Å². The zero-order valence-corrected chi connectivity index (χ0v) is 11.6. The fraction of sp³-hybridized carbons (Fsp3) is 0.467. The number of aryl methyl sites for hydroxylation is 1. The molecule has 3 rings (SSSR count). The van der Waals surface area contributed by atoms with Crippen LogP contribution in [0.5, 0.6) is 0 Å². The summed E-state index contributed by atoms with van der Waals surface area (Å²) < 4.78 is 0. The maximum atomic E-state index is 4.47. The maximum absolute atomic E-state index is 4.47. The Kier molecular flexibility index (Phi) is 3.34. The van der Waals surface area contributed by atoms with Crippen molar-refractivity contribution in [3.63, 3.8) is 0 Å². The molecule has 0 aliphatic carbocycles. The molecule has 1 aromatic carbocycles. The predicted octanol–water partition coefficient (Wildman–Crippen LogP) is 2.13. The molecule has 1 N–H and O–H groups in total. The van der Waals surface area contributed by atoms with Crippen molar-refractivity contribution in [2.75, 3.05) is 24.5 Å². The van der Waals surface area contributed by atoms with E-state index in [-0.39, 0.29) is 0 Å². The van der Waals surface area contributed by atoms with Gasteiger partial charge in [0.1, 0.15) is 0 Å². The number of nitrogens with one attached hydrogen (secondary N) is 1. The molecular weight excluding hydrogens is 236 g/mol. The van der Waals surface area contributed by atoms with Crippen LogP contribution < -0.4 is 10.2 Å². The van der Waals surface area contributed by atoms with Crippen LogP contribution in [-0.4, -0.2) is 35.9 Å². The van der Waals surface area contributed by atoms with E-state index in [0.29, 0.717) is 6.04 Å². The molecule has 4 heteroatoms. The normalized spacial score (nSPS) is 18.9. The van der Waals surface area contributed by atoms with Crippen LogP contribution in [0.25, 0.3) is 10.8 Å².